The van der Waals surface area contributed by atoms with E-state index in [2.05, 4.69) is 10.6 Å². The minimum atomic E-state index is -0.330. The summed E-state index contributed by atoms with van der Waals surface area (Å²) in [5.74, 6) is -0.295. The van der Waals surface area contributed by atoms with Crippen LogP contribution in [0.2, 0.25) is 0 Å². The summed E-state index contributed by atoms with van der Waals surface area (Å²) in [6.07, 6.45) is 0.841. The minimum absolute atomic E-state index is 0.0473. The van der Waals surface area contributed by atoms with Crippen LogP contribution in [0.25, 0.3) is 0 Å². The summed E-state index contributed by atoms with van der Waals surface area (Å²) in [5.41, 5.74) is 1.08. The maximum Gasteiger partial charge on any atom is 0.224 e. The summed E-state index contributed by atoms with van der Waals surface area (Å²) < 4.78 is 0. The van der Waals surface area contributed by atoms with Crippen molar-refractivity contribution in [3.8, 4) is 0 Å². The van der Waals surface area contributed by atoms with Crippen molar-refractivity contribution in [3.05, 3.63) is 35.9 Å². The fourth-order valence-electron chi connectivity index (χ4n) is 2.57. The van der Waals surface area contributed by atoms with Crippen molar-refractivity contribution >= 4 is 11.7 Å². The van der Waals surface area contributed by atoms with Gasteiger partial charge < -0.3 is 10.6 Å². The lowest BCUT2D eigenvalue weighted by Crippen LogP contribution is -2.42. The van der Waals surface area contributed by atoms with Crippen LogP contribution in [0.1, 0.15) is 46.6 Å². The molecule has 2 N–H and O–H groups in total. The first-order valence-corrected chi connectivity index (χ1v) is 8.42. The fourth-order valence-corrected chi connectivity index (χ4v) is 2.57. The van der Waals surface area contributed by atoms with Gasteiger partial charge in [0.2, 0.25) is 5.91 Å². The van der Waals surface area contributed by atoms with Gasteiger partial charge in [-0.1, -0.05) is 44.2 Å². The SMILES string of the molecule is CC(C)NC(=O)C(CC(=O)C(C)NC(C)C)Cc1ccccc1. The van der Waals surface area contributed by atoms with Gasteiger partial charge in [0.15, 0.2) is 0 Å². The van der Waals surface area contributed by atoms with Gasteiger partial charge in [-0.2, -0.15) is 0 Å². The third-order valence-electron chi connectivity index (χ3n) is 3.64. The Morgan fingerprint density at radius 1 is 0.957 bits per heavy atom. The fraction of sp³-hybridized carbons (Fsp3) is 0.579. The molecule has 0 aliphatic heterocycles. The zero-order valence-corrected chi connectivity index (χ0v) is 14.9. The summed E-state index contributed by atoms with van der Waals surface area (Å²) >= 11 is 0. The summed E-state index contributed by atoms with van der Waals surface area (Å²) in [7, 11) is 0. The highest BCUT2D eigenvalue weighted by Gasteiger charge is 2.25. The lowest BCUT2D eigenvalue weighted by Gasteiger charge is -2.21. The van der Waals surface area contributed by atoms with E-state index in [1.807, 2.05) is 65.0 Å². The number of benzene rings is 1. The van der Waals surface area contributed by atoms with E-state index >= 15 is 0 Å². The second kappa shape index (κ2) is 9.46. The Morgan fingerprint density at radius 2 is 1.57 bits per heavy atom. The monoisotopic (exact) mass is 318 g/mol. The molecule has 0 spiro atoms. The van der Waals surface area contributed by atoms with Crippen molar-refractivity contribution in [1.29, 1.82) is 0 Å². The number of carbonyl (C=O) groups excluding carboxylic acids is 2. The molecule has 0 aliphatic rings. The topological polar surface area (TPSA) is 58.2 Å². The highest BCUT2D eigenvalue weighted by molar-refractivity contribution is 5.89. The molecule has 1 amide bonds. The van der Waals surface area contributed by atoms with Crippen LogP contribution in [0.3, 0.4) is 0 Å². The van der Waals surface area contributed by atoms with Crippen LogP contribution in [-0.2, 0) is 16.0 Å². The molecule has 1 aromatic rings. The van der Waals surface area contributed by atoms with Crippen molar-refractivity contribution in [2.24, 2.45) is 5.92 Å². The highest BCUT2D eigenvalue weighted by atomic mass is 16.2. The Hall–Kier alpha value is -1.68. The van der Waals surface area contributed by atoms with Crippen molar-refractivity contribution in [2.45, 2.75) is 65.6 Å². The number of nitrogens with one attached hydrogen (secondary N) is 2. The molecule has 4 nitrogen and oxygen atoms in total. The van der Waals surface area contributed by atoms with Crippen LogP contribution in [0.5, 0.6) is 0 Å². The van der Waals surface area contributed by atoms with Gasteiger partial charge in [0.25, 0.3) is 0 Å². The first-order valence-electron chi connectivity index (χ1n) is 8.42. The predicted molar refractivity (Wildman–Crippen MR) is 94.3 cm³/mol. The van der Waals surface area contributed by atoms with Crippen LogP contribution in [-0.4, -0.2) is 29.8 Å². The van der Waals surface area contributed by atoms with Crippen molar-refractivity contribution in [2.75, 3.05) is 0 Å². The highest BCUT2D eigenvalue weighted by Crippen LogP contribution is 2.15. The Labute approximate surface area is 140 Å². The molecule has 0 heterocycles. The number of ketones is 1. The molecule has 1 rings (SSSR count). The Balaban J connectivity index is 2.78. The first-order chi connectivity index (χ1) is 10.8. The molecule has 0 aromatic heterocycles. The Bertz CT molecular complexity index is 497. The number of hydrogen-bond acceptors (Lipinski definition) is 3. The number of amides is 1. The summed E-state index contributed by atoms with van der Waals surface area (Å²) in [4.78, 5) is 24.9. The predicted octanol–water partition coefficient (Wildman–Crippen LogP) is 2.72. The van der Waals surface area contributed by atoms with Gasteiger partial charge in [-0.15, -0.1) is 0 Å². The van der Waals surface area contributed by atoms with E-state index < -0.39 is 0 Å². The van der Waals surface area contributed by atoms with Crippen LogP contribution in [0.4, 0.5) is 0 Å². The quantitative estimate of drug-likeness (QED) is 0.736. The lowest BCUT2D eigenvalue weighted by atomic mass is 9.91. The second-order valence-electron chi connectivity index (χ2n) is 6.76. The number of carbonyl (C=O) groups is 2. The molecule has 2 unspecified atom stereocenters. The maximum absolute atomic E-state index is 12.5. The Kier molecular flexibility index (Phi) is 7.96. The van der Waals surface area contributed by atoms with E-state index in [4.69, 9.17) is 0 Å². The minimum Gasteiger partial charge on any atom is -0.354 e. The summed E-state index contributed by atoms with van der Waals surface area (Å²) in [6, 6.07) is 9.93. The largest absolute Gasteiger partial charge is 0.354 e. The van der Waals surface area contributed by atoms with E-state index in [1.54, 1.807) is 0 Å². The van der Waals surface area contributed by atoms with E-state index in [9.17, 15) is 9.59 Å². The smallest absolute Gasteiger partial charge is 0.224 e. The zero-order chi connectivity index (χ0) is 17.4. The van der Waals surface area contributed by atoms with Crippen LogP contribution in [0, 0.1) is 5.92 Å². The van der Waals surface area contributed by atoms with E-state index in [-0.39, 0.29) is 42.2 Å². The molecule has 4 heteroatoms. The molecule has 0 bridgehead atoms. The van der Waals surface area contributed by atoms with Gasteiger partial charge in [-0.25, -0.2) is 0 Å². The summed E-state index contributed by atoms with van der Waals surface area (Å²) in [5, 5.41) is 6.15. The molecular formula is C19H30N2O2. The molecule has 0 radical (unpaired) electrons. The maximum atomic E-state index is 12.5. The molecule has 2 atom stereocenters. The van der Waals surface area contributed by atoms with Crippen LogP contribution >= 0.6 is 0 Å². The third kappa shape index (κ3) is 7.42. The normalized spacial score (nSPS) is 13.9. The number of Topliss-reactive ketones (excluding diaryl/α,β-unsaturated/α-hetero) is 1. The zero-order valence-electron chi connectivity index (χ0n) is 14.9. The second-order valence-corrected chi connectivity index (χ2v) is 6.76. The van der Waals surface area contributed by atoms with Gasteiger partial charge in [-0.05, 0) is 32.8 Å². The van der Waals surface area contributed by atoms with Crippen LogP contribution in [0.15, 0.2) is 30.3 Å². The van der Waals surface area contributed by atoms with E-state index in [1.165, 1.54) is 0 Å². The average Bonchev–Trinajstić information content (AvgIpc) is 2.46. The lowest BCUT2D eigenvalue weighted by molar-refractivity contribution is -0.130. The van der Waals surface area contributed by atoms with Gasteiger partial charge in [0.05, 0.1) is 6.04 Å². The summed E-state index contributed by atoms with van der Waals surface area (Å²) in [6.45, 7) is 9.75. The van der Waals surface area contributed by atoms with E-state index in [0.717, 1.165) is 5.56 Å². The molecular weight excluding hydrogens is 288 g/mol. The van der Waals surface area contributed by atoms with Crippen LogP contribution < -0.4 is 10.6 Å². The van der Waals surface area contributed by atoms with Gasteiger partial charge >= 0.3 is 0 Å². The standard InChI is InChI=1S/C19H30N2O2/c1-13(2)20-15(5)18(22)12-17(19(23)21-14(3)4)11-16-9-7-6-8-10-16/h6-10,13-15,17,20H,11-12H2,1-5H3,(H,21,23). The molecule has 0 saturated carbocycles. The Morgan fingerprint density at radius 3 is 2.09 bits per heavy atom. The number of hydrogen-bond donors (Lipinski definition) is 2. The average molecular weight is 318 g/mol. The van der Waals surface area contributed by atoms with Gasteiger partial charge in [0.1, 0.15) is 5.78 Å². The molecule has 0 aliphatic carbocycles. The molecule has 0 fully saturated rings. The first kappa shape index (κ1) is 19.4. The molecule has 1 aromatic carbocycles. The third-order valence-corrected chi connectivity index (χ3v) is 3.64. The molecule has 0 saturated heterocycles. The molecule has 128 valence electrons. The number of rotatable bonds is 9. The van der Waals surface area contributed by atoms with Crippen molar-refractivity contribution in [1.82, 2.24) is 10.6 Å². The van der Waals surface area contributed by atoms with Gasteiger partial charge in [0, 0.05) is 24.4 Å². The molecule has 23 heavy (non-hydrogen) atoms. The van der Waals surface area contributed by atoms with E-state index in [0.29, 0.717) is 6.42 Å². The van der Waals surface area contributed by atoms with Gasteiger partial charge in [-0.3, -0.25) is 9.59 Å². The van der Waals surface area contributed by atoms with Crippen molar-refractivity contribution < 1.29 is 9.59 Å². The van der Waals surface area contributed by atoms with Crippen molar-refractivity contribution in [3.63, 3.8) is 0 Å².